The predicted octanol–water partition coefficient (Wildman–Crippen LogP) is 9.21. The van der Waals surface area contributed by atoms with Gasteiger partial charge in [0.25, 0.3) is 0 Å². The summed E-state index contributed by atoms with van der Waals surface area (Å²) in [6.45, 7) is 6.05. The van der Waals surface area contributed by atoms with E-state index in [0.29, 0.717) is 0 Å². The van der Waals surface area contributed by atoms with Crippen molar-refractivity contribution in [3.8, 4) is 22.3 Å². The van der Waals surface area contributed by atoms with Gasteiger partial charge in [-0.2, -0.15) is 0 Å². The van der Waals surface area contributed by atoms with Gasteiger partial charge >= 0.3 is 0 Å². The van der Waals surface area contributed by atoms with Crippen molar-refractivity contribution in [2.24, 2.45) is 0 Å². The molecule has 4 aromatic carbocycles. The smallest absolute Gasteiger partial charge is 0.143 e. The minimum absolute atomic E-state index is 0.395. The first kappa shape index (κ1) is 19.8. The molecule has 1 unspecified atom stereocenters. The Balaban J connectivity index is 1.72. The summed E-state index contributed by atoms with van der Waals surface area (Å²) in [4.78, 5) is 0. The van der Waals surface area contributed by atoms with E-state index < -0.39 is 5.41 Å². The van der Waals surface area contributed by atoms with Crippen LogP contribution in [0.1, 0.15) is 40.5 Å². The SMILES string of the molecule is C=Cc1oc2c3c(ccc2c1/C=C\C)C1(c2ccccc2-c2cccc(Br)c21)c1ccccc1-3. The Morgan fingerprint density at radius 1 is 0.794 bits per heavy atom. The van der Waals surface area contributed by atoms with E-state index in [1.165, 1.54) is 44.5 Å². The quantitative estimate of drug-likeness (QED) is 0.230. The molecule has 2 heteroatoms. The summed E-state index contributed by atoms with van der Waals surface area (Å²) < 4.78 is 7.66. The lowest BCUT2D eigenvalue weighted by atomic mass is 9.70. The van der Waals surface area contributed by atoms with E-state index in [9.17, 15) is 0 Å². The number of rotatable bonds is 2. The molecule has 0 N–H and O–H groups in total. The van der Waals surface area contributed by atoms with Gasteiger partial charge in [-0.15, -0.1) is 0 Å². The van der Waals surface area contributed by atoms with Crippen LogP contribution in [0.2, 0.25) is 0 Å². The van der Waals surface area contributed by atoms with Crippen molar-refractivity contribution in [2.75, 3.05) is 0 Å². The average molecular weight is 501 g/mol. The fourth-order valence-electron chi connectivity index (χ4n) is 6.31. The van der Waals surface area contributed by atoms with E-state index in [1.807, 2.05) is 13.0 Å². The second kappa shape index (κ2) is 6.94. The Labute approximate surface area is 207 Å². The summed E-state index contributed by atoms with van der Waals surface area (Å²) in [5.74, 6) is 0.813. The first-order valence-corrected chi connectivity index (χ1v) is 12.3. The molecule has 2 aliphatic carbocycles. The lowest BCUT2D eigenvalue weighted by Gasteiger charge is -2.31. The maximum absolute atomic E-state index is 6.53. The maximum atomic E-state index is 6.53. The van der Waals surface area contributed by atoms with E-state index in [4.69, 9.17) is 4.42 Å². The van der Waals surface area contributed by atoms with Crippen molar-refractivity contribution in [2.45, 2.75) is 12.3 Å². The van der Waals surface area contributed by atoms with Gasteiger partial charge in [0.2, 0.25) is 0 Å². The highest BCUT2D eigenvalue weighted by molar-refractivity contribution is 9.10. The van der Waals surface area contributed by atoms with E-state index in [2.05, 4.69) is 114 Å². The number of halogens is 1. The van der Waals surface area contributed by atoms with Gasteiger partial charge in [0.15, 0.2) is 0 Å². The zero-order chi connectivity index (χ0) is 23.0. The van der Waals surface area contributed by atoms with Gasteiger partial charge in [-0.3, -0.25) is 0 Å². The molecule has 34 heavy (non-hydrogen) atoms. The molecular weight excluding hydrogens is 480 g/mol. The fourth-order valence-corrected chi connectivity index (χ4v) is 6.97. The van der Waals surface area contributed by atoms with E-state index in [-0.39, 0.29) is 0 Å². The minimum Gasteiger partial charge on any atom is -0.455 e. The Bertz CT molecular complexity index is 1700. The second-order valence-corrected chi connectivity index (χ2v) is 9.81. The molecule has 0 bridgehead atoms. The van der Waals surface area contributed by atoms with Crippen molar-refractivity contribution in [3.63, 3.8) is 0 Å². The van der Waals surface area contributed by atoms with Crippen LogP contribution in [-0.4, -0.2) is 0 Å². The van der Waals surface area contributed by atoms with Crippen molar-refractivity contribution >= 4 is 39.1 Å². The first-order chi connectivity index (χ1) is 16.7. The highest BCUT2D eigenvalue weighted by Gasteiger charge is 2.53. The van der Waals surface area contributed by atoms with Crippen molar-refractivity contribution in [1.29, 1.82) is 0 Å². The highest BCUT2D eigenvalue weighted by Crippen LogP contribution is 2.65. The van der Waals surface area contributed by atoms with Crippen LogP contribution in [0.4, 0.5) is 0 Å². The third-order valence-electron chi connectivity index (χ3n) is 7.46. The zero-order valence-corrected chi connectivity index (χ0v) is 20.3. The fraction of sp³-hybridized carbons (Fsp3) is 0.0625. The number of allylic oxidation sites excluding steroid dienone is 1. The topological polar surface area (TPSA) is 13.1 Å². The molecule has 1 atom stereocenters. The van der Waals surface area contributed by atoms with Crippen molar-refractivity contribution in [3.05, 3.63) is 130 Å². The Hall–Kier alpha value is -3.62. The lowest BCUT2D eigenvalue weighted by molar-refractivity contribution is 0.604. The van der Waals surface area contributed by atoms with Crippen LogP contribution >= 0.6 is 15.9 Å². The second-order valence-electron chi connectivity index (χ2n) is 8.95. The molecule has 0 amide bonds. The monoisotopic (exact) mass is 500 g/mol. The molecule has 0 radical (unpaired) electrons. The summed E-state index contributed by atoms with van der Waals surface area (Å²) in [6, 6.07) is 28.8. The number of benzene rings is 4. The van der Waals surface area contributed by atoms with Gasteiger partial charge in [0.1, 0.15) is 11.3 Å². The number of furan rings is 1. The van der Waals surface area contributed by atoms with Crippen LogP contribution in [-0.2, 0) is 5.41 Å². The molecule has 162 valence electrons. The number of fused-ring (bicyclic) bond motifs is 12. The standard InChI is InChI=1S/C32H21BrO/c1-3-10-20-22-17-18-26-29(31(22)34-28(20)4-2)23-12-6-8-15-25(23)32(26)24-14-7-5-11-19(24)21-13-9-16-27(33)30(21)32/h3-18H,2H2,1H3/b10-3-. The van der Waals surface area contributed by atoms with Gasteiger partial charge in [-0.05, 0) is 58.0 Å². The van der Waals surface area contributed by atoms with Crippen LogP contribution in [0.25, 0.3) is 45.4 Å². The molecule has 1 nitrogen and oxygen atoms in total. The van der Waals surface area contributed by atoms with Crippen LogP contribution in [0, 0.1) is 0 Å². The normalized spacial score (nSPS) is 17.2. The molecule has 0 saturated heterocycles. The predicted molar refractivity (Wildman–Crippen MR) is 145 cm³/mol. The third kappa shape index (κ3) is 2.20. The lowest BCUT2D eigenvalue weighted by Crippen LogP contribution is -2.26. The summed E-state index contributed by atoms with van der Waals surface area (Å²) in [7, 11) is 0. The first-order valence-electron chi connectivity index (χ1n) is 11.6. The van der Waals surface area contributed by atoms with Crippen LogP contribution in [0.3, 0.4) is 0 Å². The zero-order valence-electron chi connectivity index (χ0n) is 18.7. The molecule has 1 spiro atoms. The molecule has 0 fully saturated rings. The number of hydrogen-bond donors (Lipinski definition) is 0. The minimum atomic E-state index is -0.395. The van der Waals surface area contributed by atoms with Crippen LogP contribution < -0.4 is 0 Å². The molecule has 1 aromatic heterocycles. The Morgan fingerprint density at radius 2 is 1.50 bits per heavy atom. The Kier molecular flexibility index (Phi) is 4.05. The molecule has 0 aliphatic heterocycles. The summed E-state index contributed by atoms with van der Waals surface area (Å²) >= 11 is 3.95. The third-order valence-corrected chi connectivity index (χ3v) is 8.12. The van der Waals surface area contributed by atoms with E-state index in [0.717, 1.165) is 26.8 Å². The largest absolute Gasteiger partial charge is 0.455 e. The number of hydrogen-bond acceptors (Lipinski definition) is 1. The van der Waals surface area contributed by atoms with Crippen molar-refractivity contribution < 1.29 is 4.42 Å². The maximum Gasteiger partial charge on any atom is 0.143 e. The van der Waals surface area contributed by atoms with Crippen LogP contribution in [0.5, 0.6) is 0 Å². The summed E-state index contributed by atoms with van der Waals surface area (Å²) in [5.41, 5.74) is 11.8. The van der Waals surface area contributed by atoms with Crippen LogP contribution in [0.15, 0.2) is 100 Å². The van der Waals surface area contributed by atoms with Gasteiger partial charge in [0.05, 0.1) is 5.41 Å². The Morgan fingerprint density at radius 3 is 2.26 bits per heavy atom. The average Bonchev–Trinajstić information content (AvgIpc) is 3.48. The molecule has 1 heterocycles. The molecular formula is C32H21BrO. The molecule has 7 rings (SSSR count). The van der Waals surface area contributed by atoms with E-state index in [1.54, 1.807) is 0 Å². The highest BCUT2D eigenvalue weighted by atomic mass is 79.9. The van der Waals surface area contributed by atoms with Gasteiger partial charge < -0.3 is 4.42 Å². The molecule has 5 aromatic rings. The summed E-state index contributed by atoms with van der Waals surface area (Å²) in [6.07, 6.45) is 5.98. The van der Waals surface area contributed by atoms with E-state index >= 15 is 0 Å². The van der Waals surface area contributed by atoms with Crippen molar-refractivity contribution in [1.82, 2.24) is 0 Å². The van der Waals surface area contributed by atoms with Gasteiger partial charge in [0, 0.05) is 21.0 Å². The van der Waals surface area contributed by atoms with Gasteiger partial charge in [-0.25, -0.2) is 0 Å². The summed E-state index contributed by atoms with van der Waals surface area (Å²) in [5, 5.41) is 1.12. The molecule has 0 saturated carbocycles. The van der Waals surface area contributed by atoms with Gasteiger partial charge in [-0.1, -0.05) is 107 Å². The molecule has 2 aliphatic rings.